The van der Waals surface area contributed by atoms with Gasteiger partial charge in [0.05, 0.1) is 18.4 Å². The van der Waals surface area contributed by atoms with E-state index in [0.717, 1.165) is 28.6 Å². The van der Waals surface area contributed by atoms with Crippen LogP contribution in [0.3, 0.4) is 0 Å². The maximum absolute atomic E-state index is 5.92. The van der Waals surface area contributed by atoms with Gasteiger partial charge in [-0.05, 0) is 19.1 Å². The highest BCUT2D eigenvalue weighted by Gasteiger charge is 2.21. The van der Waals surface area contributed by atoms with E-state index in [-0.39, 0.29) is 6.10 Å². The standard InChI is InChI=1S/C16H21N3O3/c1-11-13(16(20-3)19(2)18-11)9-17-8-12-10-21-14-6-4-5-7-15(14)22-12/h4-7,12,17H,8-10H2,1-3H3/t12-/m1/s1. The molecule has 1 aromatic carbocycles. The minimum absolute atomic E-state index is 0.00197. The molecule has 22 heavy (non-hydrogen) atoms. The third-order valence-corrected chi connectivity index (χ3v) is 3.72. The molecular weight excluding hydrogens is 282 g/mol. The van der Waals surface area contributed by atoms with Crippen LogP contribution in [-0.2, 0) is 13.6 Å². The Bertz CT molecular complexity index is 654. The molecule has 0 fully saturated rings. The van der Waals surface area contributed by atoms with Crippen LogP contribution in [0.15, 0.2) is 24.3 Å². The van der Waals surface area contributed by atoms with Crippen molar-refractivity contribution in [2.45, 2.75) is 19.6 Å². The van der Waals surface area contributed by atoms with Crippen LogP contribution in [-0.4, -0.2) is 36.1 Å². The normalized spacial score (nSPS) is 16.6. The van der Waals surface area contributed by atoms with Gasteiger partial charge in [0.25, 0.3) is 0 Å². The Morgan fingerprint density at radius 1 is 1.36 bits per heavy atom. The first-order valence-corrected chi connectivity index (χ1v) is 7.34. The van der Waals surface area contributed by atoms with Crippen molar-refractivity contribution in [3.63, 3.8) is 0 Å². The van der Waals surface area contributed by atoms with Gasteiger partial charge in [0.1, 0.15) is 12.7 Å². The molecule has 6 nitrogen and oxygen atoms in total. The smallest absolute Gasteiger partial charge is 0.216 e. The number of hydrogen-bond donors (Lipinski definition) is 1. The molecule has 1 atom stereocenters. The fraction of sp³-hybridized carbons (Fsp3) is 0.438. The third kappa shape index (κ3) is 2.87. The predicted octanol–water partition coefficient (Wildman–Crippen LogP) is 1.67. The molecule has 0 amide bonds. The fourth-order valence-corrected chi connectivity index (χ4v) is 2.66. The maximum atomic E-state index is 5.92. The van der Waals surface area contributed by atoms with E-state index in [9.17, 15) is 0 Å². The minimum atomic E-state index is -0.00197. The molecule has 0 radical (unpaired) electrons. The van der Waals surface area contributed by atoms with Gasteiger partial charge >= 0.3 is 0 Å². The molecule has 1 aliphatic heterocycles. The number of rotatable bonds is 5. The fourth-order valence-electron chi connectivity index (χ4n) is 2.66. The Morgan fingerprint density at radius 3 is 2.91 bits per heavy atom. The number of nitrogens with zero attached hydrogens (tertiary/aromatic N) is 2. The van der Waals surface area contributed by atoms with Crippen molar-refractivity contribution in [2.24, 2.45) is 7.05 Å². The molecule has 0 spiro atoms. The van der Waals surface area contributed by atoms with Crippen LogP contribution in [0, 0.1) is 6.92 Å². The molecule has 1 aromatic heterocycles. The van der Waals surface area contributed by atoms with E-state index < -0.39 is 0 Å². The quantitative estimate of drug-likeness (QED) is 0.910. The van der Waals surface area contributed by atoms with Crippen molar-refractivity contribution in [2.75, 3.05) is 20.3 Å². The largest absolute Gasteiger partial charge is 0.486 e. The van der Waals surface area contributed by atoms with E-state index in [1.807, 2.05) is 38.2 Å². The lowest BCUT2D eigenvalue weighted by Crippen LogP contribution is -2.38. The van der Waals surface area contributed by atoms with Crippen LogP contribution in [0.2, 0.25) is 0 Å². The van der Waals surface area contributed by atoms with E-state index >= 15 is 0 Å². The van der Waals surface area contributed by atoms with E-state index in [1.54, 1.807) is 11.8 Å². The first kappa shape index (κ1) is 14.7. The number of nitrogens with one attached hydrogen (secondary N) is 1. The Balaban J connectivity index is 1.56. The Labute approximate surface area is 130 Å². The van der Waals surface area contributed by atoms with Crippen molar-refractivity contribution >= 4 is 0 Å². The van der Waals surface area contributed by atoms with E-state index in [1.165, 1.54) is 0 Å². The number of fused-ring (bicyclic) bond motifs is 1. The second kappa shape index (κ2) is 6.27. The number of para-hydroxylation sites is 2. The average Bonchev–Trinajstić information content (AvgIpc) is 2.80. The highest BCUT2D eigenvalue weighted by atomic mass is 16.6. The third-order valence-electron chi connectivity index (χ3n) is 3.72. The Kier molecular flexibility index (Phi) is 4.20. The van der Waals surface area contributed by atoms with Gasteiger partial charge in [-0.15, -0.1) is 0 Å². The van der Waals surface area contributed by atoms with Gasteiger partial charge < -0.3 is 19.5 Å². The van der Waals surface area contributed by atoms with Crippen LogP contribution in [0.4, 0.5) is 0 Å². The van der Waals surface area contributed by atoms with E-state index in [0.29, 0.717) is 19.7 Å². The predicted molar refractivity (Wildman–Crippen MR) is 82.6 cm³/mol. The topological polar surface area (TPSA) is 57.5 Å². The highest BCUT2D eigenvalue weighted by Crippen LogP contribution is 2.30. The summed E-state index contributed by atoms with van der Waals surface area (Å²) in [5.74, 6) is 2.40. The zero-order valence-electron chi connectivity index (χ0n) is 13.1. The van der Waals surface area contributed by atoms with Gasteiger partial charge in [-0.3, -0.25) is 0 Å². The summed E-state index contributed by atoms with van der Waals surface area (Å²) in [5.41, 5.74) is 2.04. The number of methoxy groups -OCH3 is 1. The second-order valence-electron chi connectivity index (χ2n) is 5.33. The molecular formula is C16H21N3O3. The molecule has 0 saturated heterocycles. The summed E-state index contributed by atoms with van der Waals surface area (Å²) in [4.78, 5) is 0. The minimum Gasteiger partial charge on any atom is -0.486 e. The van der Waals surface area contributed by atoms with Crippen molar-refractivity contribution in [1.29, 1.82) is 0 Å². The van der Waals surface area contributed by atoms with Gasteiger partial charge in [-0.1, -0.05) is 12.1 Å². The molecule has 3 rings (SSSR count). The summed E-state index contributed by atoms with van der Waals surface area (Å²) in [6, 6.07) is 7.73. The summed E-state index contributed by atoms with van der Waals surface area (Å²) < 4.78 is 18.8. The van der Waals surface area contributed by atoms with Gasteiger partial charge in [0.2, 0.25) is 5.88 Å². The lowest BCUT2D eigenvalue weighted by atomic mass is 10.2. The molecule has 0 saturated carbocycles. The summed E-state index contributed by atoms with van der Waals surface area (Å²) in [5, 5.41) is 7.77. The molecule has 0 aliphatic carbocycles. The Morgan fingerprint density at radius 2 is 2.14 bits per heavy atom. The lowest BCUT2D eigenvalue weighted by molar-refractivity contribution is 0.0901. The highest BCUT2D eigenvalue weighted by molar-refractivity contribution is 5.40. The molecule has 6 heteroatoms. The van der Waals surface area contributed by atoms with E-state index in [2.05, 4.69) is 10.4 Å². The van der Waals surface area contributed by atoms with Crippen LogP contribution >= 0.6 is 0 Å². The zero-order valence-corrected chi connectivity index (χ0v) is 13.1. The van der Waals surface area contributed by atoms with Crippen molar-refractivity contribution < 1.29 is 14.2 Å². The molecule has 2 aromatic rings. The first-order valence-electron chi connectivity index (χ1n) is 7.34. The molecule has 0 unspecified atom stereocenters. The SMILES string of the molecule is COc1c(CNC[C@@H]2COc3ccccc3O2)c(C)nn1C. The second-order valence-corrected chi connectivity index (χ2v) is 5.33. The van der Waals surface area contributed by atoms with Gasteiger partial charge in [-0.25, -0.2) is 4.68 Å². The van der Waals surface area contributed by atoms with Crippen molar-refractivity contribution in [1.82, 2.24) is 15.1 Å². The molecule has 118 valence electrons. The number of ether oxygens (including phenoxy) is 3. The molecule has 1 N–H and O–H groups in total. The summed E-state index contributed by atoms with van der Waals surface area (Å²) in [6.45, 7) is 3.92. The van der Waals surface area contributed by atoms with Crippen LogP contribution < -0.4 is 19.5 Å². The Hall–Kier alpha value is -2.21. The van der Waals surface area contributed by atoms with Crippen LogP contribution in [0.25, 0.3) is 0 Å². The number of hydrogen-bond acceptors (Lipinski definition) is 5. The van der Waals surface area contributed by atoms with Crippen molar-refractivity contribution in [3.05, 3.63) is 35.5 Å². The number of aryl methyl sites for hydroxylation is 2. The molecule has 2 heterocycles. The summed E-state index contributed by atoms with van der Waals surface area (Å²) in [6.07, 6.45) is -0.00197. The average molecular weight is 303 g/mol. The van der Waals surface area contributed by atoms with Gasteiger partial charge in [0, 0.05) is 20.1 Å². The van der Waals surface area contributed by atoms with Crippen LogP contribution in [0.5, 0.6) is 17.4 Å². The number of aromatic nitrogens is 2. The summed E-state index contributed by atoms with van der Waals surface area (Å²) in [7, 11) is 3.54. The summed E-state index contributed by atoms with van der Waals surface area (Å²) >= 11 is 0. The molecule has 1 aliphatic rings. The van der Waals surface area contributed by atoms with Gasteiger partial charge in [0.15, 0.2) is 11.5 Å². The van der Waals surface area contributed by atoms with Crippen molar-refractivity contribution in [3.8, 4) is 17.4 Å². The zero-order chi connectivity index (χ0) is 15.5. The monoisotopic (exact) mass is 303 g/mol. The van der Waals surface area contributed by atoms with Crippen LogP contribution in [0.1, 0.15) is 11.3 Å². The first-order chi connectivity index (χ1) is 10.7. The maximum Gasteiger partial charge on any atom is 0.216 e. The lowest BCUT2D eigenvalue weighted by Gasteiger charge is -2.26. The number of benzene rings is 1. The van der Waals surface area contributed by atoms with E-state index in [4.69, 9.17) is 14.2 Å². The molecule has 0 bridgehead atoms. The van der Waals surface area contributed by atoms with Gasteiger partial charge in [-0.2, -0.15) is 5.10 Å².